The van der Waals surface area contributed by atoms with Crippen molar-refractivity contribution in [2.75, 3.05) is 0 Å². The minimum absolute atomic E-state index is 0.543. The highest BCUT2D eigenvalue weighted by Crippen LogP contribution is 2.29. The molecule has 1 aliphatic rings. The van der Waals surface area contributed by atoms with E-state index in [1.807, 2.05) is 0 Å². The first-order valence-corrected chi connectivity index (χ1v) is 4.47. The van der Waals surface area contributed by atoms with Gasteiger partial charge in [0.2, 0.25) is 0 Å². The van der Waals surface area contributed by atoms with Gasteiger partial charge in [0.15, 0.2) is 0 Å². The van der Waals surface area contributed by atoms with E-state index < -0.39 is 0 Å². The Kier molecular flexibility index (Phi) is 2.86. The van der Waals surface area contributed by atoms with Crippen molar-refractivity contribution >= 4 is 12.0 Å². The van der Waals surface area contributed by atoms with Crippen LogP contribution in [0.5, 0.6) is 0 Å². The first-order valence-electron chi connectivity index (χ1n) is 3.63. The van der Waals surface area contributed by atoms with Gasteiger partial charge in [-0.2, -0.15) is 0 Å². The van der Waals surface area contributed by atoms with E-state index in [0.717, 1.165) is 18.0 Å². The summed E-state index contributed by atoms with van der Waals surface area (Å²) < 4.78 is 8.69. The van der Waals surface area contributed by atoms with Crippen molar-refractivity contribution in [1.82, 2.24) is 0 Å². The molecule has 1 rings (SSSR count). The number of rotatable bonds is 1. The fraction of sp³-hybridized carbons (Fsp3) is 1.00. The Hall–Kier alpha value is 0.310. The maximum atomic E-state index is 8.69. The topological polar surface area (TPSA) is 20.2 Å². The summed E-state index contributed by atoms with van der Waals surface area (Å²) in [5.41, 5.74) is 0. The van der Waals surface area contributed by atoms with E-state index in [-0.39, 0.29) is 0 Å². The third-order valence-electron chi connectivity index (χ3n) is 2.11. The van der Waals surface area contributed by atoms with Crippen LogP contribution in [0.15, 0.2) is 0 Å². The summed E-state index contributed by atoms with van der Waals surface area (Å²) in [5.74, 6) is 0.897. The second kappa shape index (κ2) is 3.47. The maximum Gasteiger partial charge on any atom is 0.0309 e. The maximum absolute atomic E-state index is 8.69. The first kappa shape index (κ1) is 7.42. The molecule has 0 radical (unpaired) electrons. The second-order valence-corrected chi connectivity index (χ2v) is 3.86. The monoisotopic (exact) mass is 146 g/mol. The molecule has 1 fully saturated rings. The highest BCUT2D eigenvalue weighted by Gasteiger charge is 2.17. The van der Waals surface area contributed by atoms with Crippen LogP contribution in [0.2, 0.25) is 0 Å². The highest BCUT2D eigenvalue weighted by molar-refractivity contribution is 7.94. The van der Waals surface area contributed by atoms with Crippen molar-refractivity contribution in [3.05, 3.63) is 0 Å². The van der Waals surface area contributed by atoms with Crippen LogP contribution in [-0.4, -0.2) is 9.80 Å². The standard InChI is InChI=1S/C7H14OS/c1-6-2-4-7(9-8)5-3-6/h6-8H,2-5H2,1H3. The average Bonchev–Trinajstić information content (AvgIpc) is 1.90. The Bertz CT molecular complexity index is 77.0. The van der Waals surface area contributed by atoms with E-state index >= 15 is 0 Å². The molecule has 0 saturated heterocycles. The van der Waals surface area contributed by atoms with Gasteiger partial charge in [0, 0.05) is 5.25 Å². The predicted molar refractivity (Wildman–Crippen MR) is 41.6 cm³/mol. The minimum atomic E-state index is 0.543. The number of hydrogen-bond acceptors (Lipinski definition) is 2. The summed E-state index contributed by atoms with van der Waals surface area (Å²) in [4.78, 5) is 0. The third kappa shape index (κ3) is 2.18. The van der Waals surface area contributed by atoms with Crippen LogP contribution in [0.4, 0.5) is 0 Å². The van der Waals surface area contributed by atoms with Crippen LogP contribution >= 0.6 is 12.0 Å². The molecule has 0 aliphatic heterocycles. The van der Waals surface area contributed by atoms with Crippen LogP contribution in [0, 0.1) is 5.92 Å². The molecule has 0 heterocycles. The van der Waals surface area contributed by atoms with Gasteiger partial charge in [-0.25, -0.2) is 0 Å². The van der Waals surface area contributed by atoms with E-state index in [1.54, 1.807) is 0 Å². The van der Waals surface area contributed by atoms with Gasteiger partial charge >= 0.3 is 0 Å². The fourth-order valence-corrected chi connectivity index (χ4v) is 1.82. The molecule has 0 aromatic heterocycles. The molecule has 0 amide bonds. The van der Waals surface area contributed by atoms with Gasteiger partial charge in [-0.3, -0.25) is 0 Å². The molecule has 1 saturated carbocycles. The summed E-state index contributed by atoms with van der Waals surface area (Å²) >= 11 is 1.05. The molecule has 0 aromatic rings. The van der Waals surface area contributed by atoms with E-state index in [2.05, 4.69) is 6.92 Å². The molecule has 1 N–H and O–H groups in total. The zero-order valence-electron chi connectivity index (χ0n) is 5.84. The Morgan fingerprint density at radius 1 is 1.22 bits per heavy atom. The van der Waals surface area contributed by atoms with Crippen molar-refractivity contribution in [3.8, 4) is 0 Å². The Labute approximate surface area is 61.0 Å². The summed E-state index contributed by atoms with van der Waals surface area (Å²) in [5, 5.41) is 0.543. The van der Waals surface area contributed by atoms with E-state index in [0.29, 0.717) is 5.25 Å². The quantitative estimate of drug-likeness (QED) is 0.574. The Balaban J connectivity index is 2.18. The zero-order chi connectivity index (χ0) is 6.69. The van der Waals surface area contributed by atoms with Crippen molar-refractivity contribution in [2.45, 2.75) is 37.9 Å². The molecule has 0 atom stereocenters. The average molecular weight is 146 g/mol. The Morgan fingerprint density at radius 2 is 1.78 bits per heavy atom. The molecular weight excluding hydrogens is 132 g/mol. The lowest BCUT2D eigenvalue weighted by Gasteiger charge is -2.23. The SMILES string of the molecule is CC1CCC(SO)CC1. The molecule has 1 nitrogen and oxygen atoms in total. The lowest BCUT2D eigenvalue weighted by molar-refractivity contribution is 0.388. The largest absolute Gasteiger partial charge is 0.330 e. The minimum Gasteiger partial charge on any atom is -0.330 e. The smallest absolute Gasteiger partial charge is 0.0309 e. The van der Waals surface area contributed by atoms with Gasteiger partial charge in [-0.1, -0.05) is 6.92 Å². The normalized spacial score (nSPS) is 36.7. The van der Waals surface area contributed by atoms with Gasteiger partial charge in [0.1, 0.15) is 0 Å². The molecule has 9 heavy (non-hydrogen) atoms. The summed E-state index contributed by atoms with van der Waals surface area (Å²) in [6.45, 7) is 2.29. The van der Waals surface area contributed by atoms with Crippen molar-refractivity contribution in [3.63, 3.8) is 0 Å². The van der Waals surface area contributed by atoms with E-state index in [1.165, 1.54) is 25.7 Å². The highest BCUT2D eigenvalue weighted by atomic mass is 32.2. The van der Waals surface area contributed by atoms with Crippen LogP contribution in [0.1, 0.15) is 32.6 Å². The molecular formula is C7H14OS. The predicted octanol–water partition coefficient (Wildman–Crippen LogP) is 2.77. The lowest BCUT2D eigenvalue weighted by atomic mass is 9.91. The molecule has 0 aromatic carbocycles. The third-order valence-corrected chi connectivity index (χ3v) is 2.88. The molecule has 0 spiro atoms. The van der Waals surface area contributed by atoms with Crippen LogP contribution in [-0.2, 0) is 0 Å². The van der Waals surface area contributed by atoms with E-state index in [9.17, 15) is 0 Å². The van der Waals surface area contributed by atoms with Gasteiger partial charge in [0.25, 0.3) is 0 Å². The zero-order valence-corrected chi connectivity index (χ0v) is 6.66. The van der Waals surface area contributed by atoms with Crippen LogP contribution in [0.3, 0.4) is 0 Å². The van der Waals surface area contributed by atoms with Gasteiger partial charge in [0.05, 0.1) is 0 Å². The lowest BCUT2D eigenvalue weighted by Crippen LogP contribution is -2.13. The first-order chi connectivity index (χ1) is 4.33. The van der Waals surface area contributed by atoms with Crippen molar-refractivity contribution < 1.29 is 4.55 Å². The summed E-state index contributed by atoms with van der Waals surface area (Å²) in [7, 11) is 0. The van der Waals surface area contributed by atoms with E-state index in [4.69, 9.17) is 4.55 Å². The second-order valence-electron chi connectivity index (χ2n) is 2.99. The Morgan fingerprint density at radius 3 is 2.22 bits per heavy atom. The molecule has 0 unspecified atom stereocenters. The molecule has 1 aliphatic carbocycles. The van der Waals surface area contributed by atoms with Crippen LogP contribution < -0.4 is 0 Å². The molecule has 54 valence electrons. The molecule has 0 bridgehead atoms. The fourth-order valence-electron chi connectivity index (χ4n) is 1.33. The van der Waals surface area contributed by atoms with Crippen molar-refractivity contribution in [2.24, 2.45) is 5.92 Å². The molecule has 2 heteroatoms. The van der Waals surface area contributed by atoms with Crippen molar-refractivity contribution in [1.29, 1.82) is 0 Å². The van der Waals surface area contributed by atoms with Gasteiger partial charge < -0.3 is 4.55 Å². The summed E-state index contributed by atoms with van der Waals surface area (Å²) in [6, 6.07) is 0. The summed E-state index contributed by atoms with van der Waals surface area (Å²) in [6.07, 6.45) is 5.03. The van der Waals surface area contributed by atoms with Gasteiger partial charge in [-0.05, 0) is 43.6 Å². The van der Waals surface area contributed by atoms with Crippen LogP contribution in [0.25, 0.3) is 0 Å². The van der Waals surface area contributed by atoms with Gasteiger partial charge in [-0.15, -0.1) is 0 Å². The number of hydrogen-bond donors (Lipinski definition) is 1.